The molecule has 0 bridgehead atoms. The molecule has 2 heteroatoms. The van der Waals surface area contributed by atoms with Crippen LogP contribution in [0.5, 0.6) is 0 Å². The molecule has 0 aliphatic carbocycles. The van der Waals surface area contributed by atoms with Crippen LogP contribution >= 0.6 is 0 Å². The molecular formula is C11H22O2. The highest BCUT2D eigenvalue weighted by Gasteiger charge is 2.42. The van der Waals surface area contributed by atoms with Crippen LogP contribution in [-0.2, 0) is 9.47 Å². The van der Waals surface area contributed by atoms with E-state index in [0.29, 0.717) is 0 Å². The van der Waals surface area contributed by atoms with Crippen LogP contribution in [0.3, 0.4) is 0 Å². The van der Waals surface area contributed by atoms with E-state index in [1.54, 1.807) is 0 Å². The van der Waals surface area contributed by atoms with E-state index in [-0.39, 0.29) is 5.60 Å². The number of rotatable bonds is 0. The van der Waals surface area contributed by atoms with Crippen LogP contribution in [0.2, 0.25) is 0 Å². The third kappa shape index (κ3) is 2.23. The van der Waals surface area contributed by atoms with Crippen LogP contribution in [0.15, 0.2) is 0 Å². The molecule has 2 fully saturated rings. The molecule has 1 atom stereocenters. The summed E-state index contributed by atoms with van der Waals surface area (Å²) in [5, 5.41) is 0. The summed E-state index contributed by atoms with van der Waals surface area (Å²) >= 11 is 0. The fraction of sp³-hybridized carbons (Fsp3) is 1.00. The smallest absolute Gasteiger partial charge is 0.0752 e. The minimum atomic E-state index is 0.207. The van der Waals surface area contributed by atoms with E-state index in [1.165, 1.54) is 6.42 Å². The lowest BCUT2D eigenvalue weighted by molar-refractivity contribution is -0.0945. The van der Waals surface area contributed by atoms with E-state index >= 15 is 0 Å². The van der Waals surface area contributed by atoms with E-state index < -0.39 is 0 Å². The van der Waals surface area contributed by atoms with Crippen molar-refractivity contribution in [3.05, 3.63) is 0 Å². The second-order valence-electron chi connectivity index (χ2n) is 3.72. The first-order valence-corrected chi connectivity index (χ1v) is 5.55. The van der Waals surface area contributed by atoms with Gasteiger partial charge in [0.2, 0.25) is 0 Å². The average molecular weight is 186 g/mol. The molecule has 2 nitrogen and oxygen atoms in total. The van der Waals surface area contributed by atoms with Gasteiger partial charge in [-0.3, -0.25) is 0 Å². The number of ether oxygens (including phenoxy) is 2. The van der Waals surface area contributed by atoms with Crippen molar-refractivity contribution in [2.24, 2.45) is 5.92 Å². The Kier molecular flexibility index (Phi) is 4.20. The van der Waals surface area contributed by atoms with Gasteiger partial charge >= 0.3 is 0 Å². The molecule has 2 rings (SSSR count). The zero-order valence-electron chi connectivity index (χ0n) is 9.14. The van der Waals surface area contributed by atoms with Crippen LogP contribution < -0.4 is 0 Å². The van der Waals surface area contributed by atoms with Gasteiger partial charge in [0, 0.05) is 32.7 Å². The molecule has 2 aliphatic rings. The average Bonchev–Trinajstić information content (AvgIpc) is 2.53. The van der Waals surface area contributed by atoms with Gasteiger partial charge in [0.1, 0.15) is 0 Å². The minimum Gasteiger partial charge on any atom is -0.381 e. The topological polar surface area (TPSA) is 18.5 Å². The van der Waals surface area contributed by atoms with Crippen molar-refractivity contribution in [2.75, 3.05) is 19.8 Å². The highest BCUT2D eigenvalue weighted by atomic mass is 16.5. The summed E-state index contributed by atoms with van der Waals surface area (Å²) in [6.45, 7) is 9.05. The van der Waals surface area contributed by atoms with Crippen LogP contribution in [-0.4, -0.2) is 25.4 Å². The van der Waals surface area contributed by atoms with E-state index in [2.05, 4.69) is 6.92 Å². The Morgan fingerprint density at radius 1 is 1.08 bits per heavy atom. The zero-order valence-corrected chi connectivity index (χ0v) is 9.14. The lowest BCUT2D eigenvalue weighted by Gasteiger charge is -2.36. The molecule has 0 amide bonds. The second-order valence-corrected chi connectivity index (χ2v) is 3.72. The fourth-order valence-electron chi connectivity index (χ4n) is 2.20. The molecule has 1 spiro atoms. The molecule has 0 radical (unpaired) electrons. The Morgan fingerprint density at radius 2 is 1.69 bits per heavy atom. The van der Waals surface area contributed by atoms with Crippen LogP contribution in [0.4, 0.5) is 0 Å². The van der Waals surface area contributed by atoms with Gasteiger partial charge in [-0.05, 0) is 12.3 Å². The number of hydrogen-bond acceptors (Lipinski definition) is 2. The molecule has 2 saturated heterocycles. The monoisotopic (exact) mass is 186 g/mol. The third-order valence-electron chi connectivity index (χ3n) is 3.18. The van der Waals surface area contributed by atoms with Crippen molar-refractivity contribution in [1.82, 2.24) is 0 Å². The van der Waals surface area contributed by atoms with Crippen molar-refractivity contribution in [3.63, 3.8) is 0 Å². The van der Waals surface area contributed by atoms with Gasteiger partial charge in [0.05, 0.1) is 5.60 Å². The molecule has 0 aromatic rings. The van der Waals surface area contributed by atoms with Gasteiger partial charge in [-0.25, -0.2) is 0 Å². The Hall–Kier alpha value is -0.0800. The normalized spacial score (nSPS) is 31.2. The first kappa shape index (κ1) is 11.0. The Morgan fingerprint density at radius 3 is 2.15 bits per heavy atom. The molecule has 2 aliphatic heterocycles. The first-order valence-electron chi connectivity index (χ1n) is 5.55. The second kappa shape index (κ2) is 4.97. The van der Waals surface area contributed by atoms with Crippen molar-refractivity contribution in [2.45, 2.75) is 45.6 Å². The van der Waals surface area contributed by atoms with Gasteiger partial charge in [0.15, 0.2) is 0 Å². The van der Waals surface area contributed by atoms with E-state index in [4.69, 9.17) is 9.47 Å². The summed E-state index contributed by atoms with van der Waals surface area (Å²) in [5.41, 5.74) is 0.207. The molecule has 0 aromatic carbocycles. The van der Waals surface area contributed by atoms with E-state index in [1.807, 2.05) is 13.8 Å². The van der Waals surface area contributed by atoms with Gasteiger partial charge < -0.3 is 9.47 Å². The lowest BCUT2D eigenvalue weighted by atomic mass is 9.83. The largest absolute Gasteiger partial charge is 0.381 e. The standard InChI is InChI=1S/C9H16O2.C2H6/c1-8-2-5-11-9(8)3-6-10-7-4-9;1-2/h8H,2-7H2,1H3;1-2H3. The van der Waals surface area contributed by atoms with Gasteiger partial charge in [-0.1, -0.05) is 20.8 Å². The highest BCUT2D eigenvalue weighted by molar-refractivity contribution is 4.91. The van der Waals surface area contributed by atoms with Crippen LogP contribution in [0.1, 0.15) is 40.0 Å². The summed E-state index contributed by atoms with van der Waals surface area (Å²) in [5.74, 6) is 0.742. The van der Waals surface area contributed by atoms with Gasteiger partial charge in [0.25, 0.3) is 0 Å². The highest BCUT2D eigenvalue weighted by Crippen LogP contribution is 2.39. The maximum atomic E-state index is 5.81. The van der Waals surface area contributed by atoms with Crippen molar-refractivity contribution >= 4 is 0 Å². The maximum Gasteiger partial charge on any atom is 0.0752 e. The minimum absolute atomic E-state index is 0.207. The zero-order chi connectivity index (χ0) is 9.73. The van der Waals surface area contributed by atoms with Crippen molar-refractivity contribution in [1.29, 1.82) is 0 Å². The van der Waals surface area contributed by atoms with Crippen molar-refractivity contribution < 1.29 is 9.47 Å². The van der Waals surface area contributed by atoms with Gasteiger partial charge in [-0.2, -0.15) is 0 Å². The molecule has 0 N–H and O–H groups in total. The molecule has 13 heavy (non-hydrogen) atoms. The number of hydrogen-bond donors (Lipinski definition) is 0. The Labute approximate surface area is 81.6 Å². The van der Waals surface area contributed by atoms with Crippen LogP contribution in [0.25, 0.3) is 0 Å². The predicted molar refractivity (Wildman–Crippen MR) is 53.9 cm³/mol. The Balaban J connectivity index is 0.000000396. The maximum absolute atomic E-state index is 5.81. The van der Waals surface area contributed by atoms with E-state index in [9.17, 15) is 0 Å². The lowest BCUT2D eigenvalue weighted by Crippen LogP contribution is -2.40. The molecule has 78 valence electrons. The van der Waals surface area contributed by atoms with E-state index in [0.717, 1.165) is 38.6 Å². The quantitative estimate of drug-likeness (QED) is 0.579. The summed E-state index contributed by atoms with van der Waals surface area (Å²) in [6, 6.07) is 0. The van der Waals surface area contributed by atoms with Crippen LogP contribution in [0, 0.1) is 5.92 Å². The summed E-state index contributed by atoms with van der Waals surface area (Å²) in [7, 11) is 0. The summed E-state index contributed by atoms with van der Waals surface area (Å²) in [4.78, 5) is 0. The fourth-order valence-corrected chi connectivity index (χ4v) is 2.20. The third-order valence-corrected chi connectivity index (χ3v) is 3.18. The first-order chi connectivity index (χ1) is 6.33. The molecule has 0 aromatic heterocycles. The molecule has 1 unspecified atom stereocenters. The SMILES string of the molecule is CC.CC1CCOC12CCOCC2. The predicted octanol–water partition coefficient (Wildman–Crippen LogP) is 2.62. The molecule has 2 heterocycles. The summed E-state index contributed by atoms with van der Waals surface area (Å²) in [6.07, 6.45) is 3.45. The van der Waals surface area contributed by atoms with Crippen molar-refractivity contribution in [3.8, 4) is 0 Å². The van der Waals surface area contributed by atoms with Gasteiger partial charge in [-0.15, -0.1) is 0 Å². The summed E-state index contributed by atoms with van der Waals surface area (Å²) < 4.78 is 11.1. The Bertz CT molecular complexity index is 139. The molecule has 0 saturated carbocycles. The molecular weight excluding hydrogens is 164 g/mol.